The maximum atomic E-state index is 12.9. The number of unbranched alkanes of at least 4 members (excludes halogenated alkanes) is 22. The topological polar surface area (TPSA) is 237 Å². The van der Waals surface area contributed by atoms with Crippen LogP contribution >= 0.6 is 15.6 Å². The summed E-state index contributed by atoms with van der Waals surface area (Å²) in [5.74, 6) is -0.690. The molecular formula is C54H104O17P2. The molecule has 17 nitrogen and oxygen atoms in total. The maximum Gasteiger partial charge on any atom is 0.472 e. The van der Waals surface area contributed by atoms with Crippen molar-refractivity contribution < 1.29 is 80.2 Å². The van der Waals surface area contributed by atoms with Gasteiger partial charge in [0.2, 0.25) is 0 Å². The van der Waals surface area contributed by atoms with Crippen molar-refractivity contribution in [3.05, 3.63) is 0 Å². The summed E-state index contributed by atoms with van der Waals surface area (Å²) in [6, 6.07) is 0. The Hall–Kier alpha value is -1.94. The van der Waals surface area contributed by atoms with Gasteiger partial charge in [-0.1, -0.05) is 202 Å². The Balaban J connectivity index is 5.14. The molecule has 0 saturated carbocycles. The van der Waals surface area contributed by atoms with Crippen LogP contribution in [0.5, 0.6) is 0 Å². The predicted octanol–water partition coefficient (Wildman–Crippen LogP) is 13.7. The molecule has 6 atom stereocenters. The van der Waals surface area contributed by atoms with E-state index in [-0.39, 0.29) is 25.7 Å². The van der Waals surface area contributed by atoms with Gasteiger partial charge in [-0.3, -0.25) is 37.3 Å². The standard InChI is InChI=1S/C54H104O17P2/c1-7-10-12-22-30-36-51(56)64-42-49(70-53(58)38-32-23-13-11-8-2)44-68-72(60,61)66-40-48(55)41-67-73(62,63)69-45-50(43-65-52(57)37-31-26-21-20-24-28-34-46(4)5)71-54(59)39-33-27-19-17-15-14-16-18-25-29-35-47(6)9-3/h46-50,55H,7-45H2,1-6H3,(H,60,61)(H,62,63)/t47?,48-,49+,50+/m0/s1. The third-order valence-electron chi connectivity index (χ3n) is 12.6. The number of aliphatic hydroxyl groups excluding tert-OH is 1. The van der Waals surface area contributed by atoms with Gasteiger partial charge >= 0.3 is 39.5 Å². The molecule has 0 radical (unpaired) electrons. The van der Waals surface area contributed by atoms with Crippen LogP contribution in [0.2, 0.25) is 0 Å². The Morgan fingerprint density at radius 2 is 0.699 bits per heavy atom. The number of hydrogen-bond donors (Lipinski definition) is 3. The fourth-order valence-electron chi connectivity index (χ4n) is 7.73. The first-order valence-electron chi connectivity index (χ1n) is 28.5. The molecule has 0 rings (SSSR count). The number of rotatable bonds is 53. The van der Waals surface area contributed by atoms with Crippen LogP contribution < -0.4 is 0 Å². The maximum absolute atomic E-state index is 12.9. The lowest BCUT2D eigenvalue weighted by atomic mass is 9.99. The van der Waals surface area contributed by atoms with Crippen LogP contribution in [0, 0.1) is 11.8 Å². The first kappa shape index (κ1) is 71.1. The molecule has 432 valence electrons. The second kappa shape index (κ2) is 47.3. The molecule has 3 N–H and O–H groups in total. The van der Waals surface area contributed by atoms with Crippen molar-refractivity contribution in [2.45, 2.75) is 272 Å². The molecule has 0 saturated heterocycles. The zero-order chi connectivity index (χ0) is 54.4. The van der Waals surface area contributed by atoms with Crippen molar-refractivity contribution in [1.29, 1.82) is 0 Å². The number of carbonyl (C=O) groups excluding carboxylic acids is 4. The lowest BCUT2D eigenvalue weighted by Crippen LogP contribution is -2.30. The molecule has 0 aromatic rings. The normalized spacial score (nSPS) is 15.0. The molecule has 0 aliphatic heterocycles. The van der Waals surface area contributed by atoms with E-state index in [0.29, 0.717) is 31.6 Å². The molecule has 0 amide bonds. The minimum absolute atomic E-state index is 0.0982. The highest BCUT2D eigenvalue weighted by molar-refractivity contribution is 7.47. The molecule has 0 aromatic carbocycles. The zero-order valence-corrected chi connectivity index (χ0v) is 48.2. The van der Waals surface area contributed by atoms with Crippen LogP contribution in [-0.4, -0.2) is 96.7 Å². The highest BCUT2D eigenvalue weighted by atomic mass is 31.2. The lowest BCUT2D eigenvalue weighted by Gasteiger charge is -2.21. The van der Waals surface area contributed by atoms with Gasteiger partial charge in [0.25, 0.3) is 0 Å². The van der Waals surface area contributed by atoms with Gasteiger partial charge in [0.15, 0.2) is 12.2 Å². The molecule has 0 heterocycles. The second-order valence-corrected chi connectivity index (χ2v) is 23.2. The molecule has 3 unspecified atom stereocenters. The average Bonchev–Trinajstić information content (AvgIpc) is 3.35. The van der Waals surface area contributed by atoms with Crippen LogP contribution in [0.25, 0.3) is 0 Å². The van der Waals surface area contributed by atoms with Crippen LogP contribution in [0.1, 0.15) is 253 Å². The minimum atomic E-state index is -4.93. The van der Waals surface area contributed by atoms with Crippen LogP contribution in [-0.2, 0) is 65.4 Å². The minimum Gasteiger partial charge on any atom is -0.462 e. The van der Waals surface area contributed by atoms with Gasteiger partial charge in [-0.15, -0.1) is 0 Å². The average molecular weight is 1090 g/mol. The summed E-state index contributed by atoms with van der Waals surface area (Å²) in [5, 5.41) is 10.4. The van der Waals surface area contributed by atoms with Gasteiger partial charge in [0.05, 0.1) is 26.4 Å². The summed E-state index contributed by atoms with van der Waals surface area (Å²) in [4.78, 5) is 71.2. The summed E-state index contributed by atoms with van der Waals surface area (Å²) < 4.78 is 67.1. The van der Waals surface area contributed by atoms with Crippen LogP contribution in [0.15, 0.2) is 0 Å². The van der Waals surface area contributed by atoms with Gasteiger partial charge < -0.3 is 33.8 Å². The number of phosphoric acid groups is 2. The Labute approximate surface area is 441 Å². The first-order chi connectivity index (χ1) is 34.9. The van der Waals surface area contributed by atoms with Crippen molar-refractivity contribution in [2.75, 3.05) is 39.6 Å². The van der Waals surface area contributed by atoms with Crippen LogP contribution in [0.4, 0.5) is 0 Å². The first-order valence-corrected chi connectivity index (χ1v) is 31.5. The molecule has 19 heteroatoms. The summed E-state index contributed by atoms with van der Waals surface area (Å²) in [6.07, 6.45) is 26.1. The van der Waals surface area contributed by atoms with E-state index in [4.69, 9.17) is 37.0 Å². The number of phosphoric ester groups is 2. The summed E-state index contributed by atoms with van der Waals surface area (Å²) in [6.45, 7) is 9.17. The van der Waals surface area contributed by atoms with Crippen molar-refractivity contribution in [1.82, 2.24) is 0 Å². The van der Waals surface area contributed by atoms with Gasteiger partial charge in [0, 0.05) is 25.7 Å². The number of ether oxygens (including phenoxy) is 4. The smallest absolute Gasteiger partial charge is 0.462 e. The molecule has 0 aromatic heterocycles. The quantitative estimate of drug-likeness (QED) is 0.0222. The molecule has 0 fully saturated rings. The fourth-order valence-corrected chi connectivity index (χ4v) is 9.31. The van der Waals surface area contributed by atoms with Crippen LogP contribution in [0.3, 0.4) is 0 Å². The van der Waals surface area contributed by atoms with E-state index < -0.39 is 97.5 Å². The SMILES string of the molecule is CCCCCCCC(=O)OC[C@H](COP(=O)(O)OC[C@H](O)COP(=O)(O)OC[C@@H](COC(=O)CCCCCCCCC(C)C)OC(=O)CCCCCCCCCCCCC(C)CC)OC(=O)CCCCCCC. The van der Waals surface area contributed by atoms with Crippen molar-refractivity contribution in [3.63, 3.8) is 0 Å². The fraction of sp³-hybridized carbons (Fsp3) is 0.926. The highest BCUT2D eigenvalue weighted by Gasteiger charge is 2.30. The third kappa shape index (κ3) is 48.2. The van der Waals surface area contributed by atoms with E-state index >= 15 is 0 Å². The molecule has 0 bridgehead atoms. The third-order valence-corrected chi connectivity index (χ3v) is 14.5. The van der Waals surface area contributed by atoms with Crippen molar-refractivity contribution in [2.24, 2.45) is 11.8 Å². The summed E-state index contributed by atoms with van der Waals surface area (Å²) in [5.41, 5.74) is 0. The molecular weight excluding hydrogens is 983 g/mol. The van der Waals surface area contributed by atoms with Gasteiger partial charge in [-0.25, -0.2) is 9.13 Å². The Bertz CT molecular complexity index is 1470. The van der Waals surface area contributed by atoms with E-state index in [1.54, 1.807) is 0 Å². The second-order valence-electron chi connectivity index (χ2n) is 20.3. The largest absolute Gasteiger partial charge is 0.472 e. The predicted molar refractivity (Wildman–Crippen MR) is 285 cm³/mol. The monoisotopic (exact) mass is 1090 g/mol. The van der Waals surface area contributed by atoms with Gasteiger partial charge in [-0.05, 0) is 37.5 Å². The van der Waals surface area contributed by atoms with Crippen molar-refractivity contribution >= 4 is 39.5 Å². The number of esters is 4. The summed E-state index contributed by atoms with van der Waals surface area (Å²) >= 11 is 0. The van der Waals surface area contributed by atoms with E-state index in [0.717, 1.165) is 109 Å². The lowest BCUT2D eigenvalue weighted by molar-refractivity contribution is -0.161. The molecule has 0 spiro atoms. The van der Waals surface area contributed by atoms with Gasteiger partial charge in [0.1, 0.15) is 19.3 Å². The Kier molecular flexibility index (Phi) is 46.0. The molecule has 0 aliphatic rings. The highest BCUT2D eigenvalue weighted by Crippen LogP contribution is 2.45. The Morgan fingerprint density at radius 3 is 1.04 bits per heavy atom. The van der Waals surface area contributed by atoms with Gasteiger partial charge in [-0.2, -0.15) is 0 Å². The van der Waals surface area contributed by atoms with E-state index in [2.05, 4.69) is 41.5 Å². The number of carbonyl (C=O) groups is 4. The zero-order valence-electron chi connectivity index (χ0n) is 46.4. The van der Waals surface area contributed by atoms with E-state index in [1.807, 2.05) is 0 Å². The summed E-state index contributed by atoms with van der Waals surface area (Å²) in [7, 11) is -9.85. The van der Waals surface area contributed by atoms with E-state index in [9.17, 15) is 43.2 Å². The molecule has 0 aliphatic carbocycles. The molecule has 73 heavy (non-hydrogen) atoms. The van der Waals surface area contributed by atoms with Crippen molar-refractivity contribution in [3.8, 4) is 0 Å². The number of aliphatic hydroxyl groups is 1. The Morgan fingerprint density at radius 1 is 0.397 bits per heavy atom. The van der Waals surface area contributed by atoms with E-state index in [1.165, 1.54) is 57.8 Å². The number of hydrogen-bond acceptors (Lipinski definition) is 15.